The molecule has 1 N–H and O–H groups in total. The van der Waals surface area contributed by atoms with Crippen LogP contribution in [0.15, 0.2) is 41.3 Å². The third-order valence-corrected chi connectivity index (χ3v) is 7.01. The number of amides is 1. The molecule has 1 amide bonds. The molecule has 1 aliphatic heterocycles. The molecule has 0 saturated carbocycles. The maximum Gasteiger partial charge on any atom is 0.254 e. The number of sulfonamides is 1. The zero-order valence-corrected chi connectivity index (χ0v) is 19.1. The summed E-state index contributed by atoms with van der Waals surface area (Å²) < 4.78 is 38.8. The van der Waals surface area contributed by atoms with Gasteiger partial charge in [-0.05, 0) is 68.0 Å². The normalized spacial score (nSPS) is 14.4. The Kier molecular flexibility index (Phi) is 7.56. The largest absolute Gasteiger partial charge is 0.493 e. The fraction of sp³-hybridized carbons (Fsp3) is 0.435. The van der Waals surface area contributed by atoms with Crippen molar-refractivity contribution in [2.24, 2.45) is 0 Å². The van der Waals surface area contributed by atoms with Gasteiger partial charge in [-0.25, -0.2) is 13.1 Å². The second-order valence-electron chi connectivity index (χ2n) is 7.67. The van der Waals surface area contributed by atoms with Crippen molar-refractivity contribution >= 4 is 15.9 Å². The summed E-state index contributed by atoms with van der Waals surface area (Å²) in [4.78, 5) is 14.8. The van der Waals surface area contributed by atoms with E-state index in [4.69, 9.17) is 9.47 Å². The van der Waals surface area contributed by atoms with Gasteiger partial charge >= 0.3 is 0 Å². The van der Waals surface area contributed by atoms with Gasteiger partial charge in [-0.2, -0.15) is 0 Å². The minimum atomic E-state index is -3.74. The van der Waals surface area contributed by atoms with Gasteiger partial charge in [-0.15, -0.1) is 0 Å². The second-order valence-corrected chi connectivity index (χ2v) is 9.43. The van der Waals surface area contributed by atoms with Crippen molar-refractivity contribution in [2.75, 3.05) is 33.9 Å². The minimum Gasteiger partial charge on any atom is -0.493 e. The number of nitrogens with one attached hydrogen (secondary N) is 1. The van der Waals surface area contributed by atoms with E-state index in [9.17, 15) is 13.2 Å². The smallest absolute Gasteiger partial charge is 0.254 e. The number of aryl methyl sites for hydroxylation is 1. The van der Waals surface area contributed by atoms with Gasteiger partial charge in [-0.1, -0.05) is 12.1 Å². The number of hydrogen-bond acceptors (Lipinski definition) is 5. The van der Waals surface area contributed by atoms with Crippen molar-refractivity contribution in [1.29, 1.82) is 0 Å². The molecule has 1 saturated heterocycles. The molecular weight excluding hydrogens is 416 g/mol. The van der Waals surface area contributed by atoms with E-state index in [1.165, 1.54) is 6.07 Å². The Morgan fingerprint density at radius 2 is 1.71 bits per heavy atom. The molecule has 3 rings (SSSR count). The highest BCUT2D eigenvalue weighted by molar-refractivity contribution is 7.89. The maximum atomic E-state index is 12.9. The first-order valence-corrected chi connectivity index (χ1v) is 11.9. The van der Waals surface area contributed by atoms with E-state index < -0.39 is 10.0 Å². The highest BCUT2D eigenvalue weighted by Gasteiger charge is 2.22. The Balaban J connectivity index is 1.69. The van der Waals surface area contributed by atoms with Crippen molar-refractivity contribution < 1.29 is 22.7 Å². The van der Waals surface area contributed by atoms with E-state index >= 15 is 0 Å². The van der Waals surface area contributed by atoms with E-state index in [1.54, 1.807) is 32.4 Å². The second kappa shape index (κ2) is 10.2. The molecule has 0 aromatic heterocycles. The van der Waals surface area contributed by atoms with E-state index in [0.29, 0.717) is 23.5 Å². The third kappa shape index (κ3) is 5.57. The number of rotatable bonds is 8. The lowest BCUT2D eigenvalue weighted by atomic mass is 10.1. The van der Waals surface area contributed by atoms with Gasteiger partial charge in [0.15, 0.2) is 11.5 Å². The predicted molar refractivity (Wildman–Crippen MR) is 119 cm³/mol. The summed E-state index contributed by atoms with van der Waals surface area (Å²) >= 11 is 0. The third-order valence-electron chi connectivity index (χ3n) is 5.55. The van der Waals surface area contributed by atoms with Crippen LogP contribution in [-0.2, 0) is 16.4 Å². The molecule has 0 spiro atoms. The summed E-state index contributed by atoms with van der Waals surface area (Å²) in [5, 5.41) is 0. The molecule has 2 aromatic rings. The van der Waals surface area contributed by atoms with Crippen LogP contribution in [0.25, 0.3) is 0 Å². The van der Waals surface area contributed by atoms with Crippen LogP contribution in [0.2, 0.25) is 0 Å². The molecule has 1 fully saturated rings. The topological polar surface area (TPSA) is 84.9 Å². The minimum absolute atomic E-state index is 0.0976. The Morgan fingerprint density at radius 1 is 1.00 bits per heavy atom. The molecule has 7 nitrogen and oxygen atoms in total. The van der Waals surface area contributed by atoms with Crippen molar-refractivity contribution in [3.05, 3.63) is 53.1 Å². The lowest BCUT2D eigenvalue weighted by Crippen LogP contribution is -2.36. The number of carbonyl (C=O) groups excluding carboxylic acids is 1. The average molecular weight is 447 g/mol. The first-order valence-electron chi connectivity index (χ1n) is 10.5. The first-order chi connectivity index (χ1) is 14.9. The molecular formula is C23H30N2O5S. The quantitative estimate of drug-likeness (QED) is 0.673. The molecule has 0 bridgehead atoms. The summed E-state index contributed by atoms with van der Waals surface area (Å²) in [7, 11) is -0.612. The zero-order valence-electron chi connectivity index (χ0n) is 18.3. The summed E-state index contributed by atoms with van der Waals surface area (Å²) in [6.45, 7) is 3.50. The number of methoxy groups -OCH3 is 2. The van der Waals surface area contributed by atoms with Crippen molar-refractivity contribution in [1.82, 2.24) is 9.62 Å². The fourth-order valence-corrected chi connectivity index (χ4v) is 4.77. The van der Waals surface area contributed by atoms with Crippen LogP contribution >= 0.6 is 0 Å². The molecule has 1 aliphatic rings. The molecule has 0 radical (unpaired) electrons. The number of hydrogen-bond donors (Lipinski definition) is 1. The highest BCUT2D eigenvalue weighted by Crippen LogP contribution is 2.27. The van der Waals surface area contributed by atoms with Crippen LogP contribution in [0, 0.1) is 6.92 Å². The van der Waals surface area contributed by atoms with Crippen molar-refractivity contribution in [2.45, 2.75) is 37.5 Å². The van der Waals surface area contributed by atoms with Crippen molar-refractivity contribution in [3.63, 3.8) is 0 Å². The summed E-state index contributed by atoms with van der Waals surface area (Å²) in [5.74, 6) is 1.12. The van der Waals surface area contributed by atoms with Crippen LogP contribution in [0.1, 0.15) is 40.7 Å². The summed E-state index contributed by atoms with van der Waals surface area (Å²) in [6.07, 6.45) is 3.59. The average Bonchev–Trinajstić information content (AvgIpc) is 2.79. The maximum absolute atomic E-state index is 12.9. The van der Waals surface area contributed by atoms with Crippen LogP contribution in [-0.4, -0.2) is 53.1 Å². The molecule has 0 unspecified atom stereocenters. The predicted octanol–water partition coefficient (Wildman–Crippen LogP) is 3.16. The number of likely N-dealkylation sites (tertiary alicyclic amines) is 1. The molecule has 31 heavy (non-hydrogen) atoms. The van der Waals surface area contributed by atoms with Gasteiger partial charge in [0.25, 0.3) is 5.91 Å². The summed E-state index contributed by atoms with van der Waals surface area (Å²) in [6, 6.07) is 10.2. The molecule has 0 aliphatic carbocycles. The van der Waals surface area contributed by atoms with Crippen LogP contribution in [0.5, 0.6) is 11.5 Å². The SMILES string of the molecule is COc1ccc(CCNS(=O)(=O)c2ccc(C)c(C(=O)N3CCCCC3)c2)cc1OC. The molecule has 1 heterocycles. The van der Waals surface area contributed by atoms with Crippen LogP contribution < -0.4 is 14.2 Å². The number of carbonyl (C=O) groups is 1. The van der Waals surface area contributed by atoms with Crippen LogP contribution in [0.4, 0.5) is 0 Å². The number of nitrogens with zero attached hydrogens (tertiary/aromatic N) is 1. The molecule has 2 aromatic carbocycles. The van der Waals surface area contributed by atoms with Crippen molar-refractivity contribution in [3.8, 4) is 11.5 Å². The Labute approximate surface area is 184 Å². The Hall–Kier alpha value is -2.58. The number of piperidine rings is 1. The molecule has 0 atom stereocenters. The van der Waals surface area contributed by atoms with Gasteiger partial charge in [0.1, 0.15) is 0 Å². The molecule has 8 heteroatoms. The fourth-order valence-electron chi connectivity index (χ4n) is 3.72. The Bertz CT molecular complexity index is 1030. The van der Waals surface area contributed by atoms with Gasteiger partial charge in [0, 0.05) is 25.2 Å². The Morgan fingerprint density at radius 3 is 2.39 bits per heavy atom. The lowest BCUT2D eigenvalue weighted by Gasteiger charge is -2.27. The van der Waals surface area contributed by atoms with E-state index in [2.05, 4.69) is 4.72 Å². The molecule has 168 valence electrons. The monoisotopic (exact) mass is 446 g/mol. The van der Waals surface area contributed by atoms with E-state index in [-0.39, 0.29) is 17.3 Å². The van der Waals surface area contributed by atoms with Gasteiger partial charge in [0.05, 0.1) is 19.1 Å². The van der Waals surface area contributed by atoms with Gasteiger partial charge in [0.2, 0.25) is 10.0 Å². The number of ether oxygens (including phenoxy) is 2. The first kappa shape index (κ1) is 23.1. The number of benzene rings is 2. The lowest BCUT2D eigenvalue weighted by molar-refractivity contribution is 0.0723. The standard InChI is InChI=1S/C23H30N2O5S/c1-17-7-9-19(16-20(17)23(26)25-13-5-4-6-14-25)31(27,28)24-12-11-18-8-10-21(29-2)22(15-18)30-3/h7-10,15-16,24H,4-6,11-14H2,1-3H3. The van der Waals surface area contributed by atoms with E-state index in [0.717, 1.165) is 43.5 Å². The highest BCUT2D eigenvalue weighted by atomic mass is 32.2. The van der Waals surface area contributed by atoms with Gasteiger partial charge in [-0.3, -0.25) is 4.79 Å². The summed E-state index contributed by atoms with van der Waals surface area (Å²) in [5.41, 5.74) is 2.15. The van der Waals surface area contributed by atoms with Gasteiger partial charge < -0.3 is 14.4 Å². The van der Waals surface area contributed by atoms with Crippen LogP contribution in [0.3, 0.4) is 0 Å². The van der Waals surface area contributed by atoms with E-state index in [1.807, 2.05) is 24.0 Å². The zero-order chi connectivity index (χ0) is 22.4.